The SMILES string of the molecule is CCNC(=O)C(C)Sc1nc(C)c(C(=O)O)s1. The van der Waals surface area contributed by atoms with Gasteiger partial charge in [0, 0.05) is 6.54 Å². The quantitative estimate of drug-likeness (QED) is 0.800. The van der Waals surface area contributed by atoms with Crippen LogP contribution >= 0.6 is 23.1 Å². The molecule has 0 saturated heterocycles. The van der Waals surface area contributed by atoms with E-state index >= 15 is 0 Å². The highest BCUT2D eigenvalue weighted by atomic mass is 32.2. The highest BCUT2D eigenvalue weighted by Crippen LogP contribution is 2.30. The highest BCUT2D eigenvalue weighted by Gasteiger charge is 2.19. The van der Waals surface area contributed by atoms with E-state index in [0.29, 0.717) is 16.6 Å². The van der Waals surface area contributed by atoms with E-state index in [-0.39, 0.29) is 16.0 Å². The van der Waals surface area contributed by atoms with Crippen molar-refractivity contribution < 1.29 is 14.7 Å². The summed E-state index contributed by atoms with van der Waals surface area (Å²) in [6.45, 7) is 5.86. The molecule has 1 amide bonds. The average Bonchev–Trinajstić information content (AvgIpc) is 2.59. The van der Waals surface area contributed by atoms with E-state index in [9.17, 15) is 9.59 Å². The number of rotatable bonds is 5. The van der Waals surface area contributed by atoms with Crippen molar-refractivity contribution in [3.05, 3.63) is 10.6 Å². The molecular weight excluding hydrogens is 260 g/mol. The van der Waals surface area contributed by atoms with Crippen molar-refractivity contribution in [2.75, 3.05) is 6.54 Å². The van der Waals surface area contributed by atoms with E-state index in [1.807, 2.05) is 6.92 Å². The maximum atomic E-state index is 11.5. The summed E-state index contributed by atoms with van der Waals surface area (Å²) in [5.41, 5.74) is 0.494. The first-order valence-electron chi connectivity index (χ1n) is 5.10. The number of carboxylic acid groups (broad SMARTS) is 1. The van der Waals surface area contributed by atoms with Gasteiger partial charge in [0.15, 0.2) is 4.34 Å². The van der Waals surface area contributed by atoms with E-state index in [1.54, 1.807) is 13.8 Å². The molecule has 1 aromatic rings. The molecular formula is C10H14N2O3S2. The average molecular weight is 274 g/mol. The van der Waals surface area contributed by atoms with Crippen LogP contribution in [-0.2, 0) is 4.79 Å². The second-order valence-corrected chi connectivity index (χ2v) is 5.94. The van der Waals surface area contributed by atoms with Gasteiger partial charge in [-0.15, -0.1) is 11.3 Å². The molecule has 0 aliphatic heterocycles. The van der Waals surface area contributed by atoms with Crippen LogP contribution in [-0.4, -0.2) is 33.8 Å². The normalized spacial score (nSPS) is 12.2. The van der Waals surface area contributed by atoms with Gasteiger partial charge in [-0.05, 0) is 20.8 Å². The number of carbonyl (C=O) groups excluding carboxylic acids is 1. The molecule has 1 unspecified atom stereocenters. The second kappa shape index (κ2) is 6.02. The molecule has 0 aliphatic carbocycles. The Kier molecular flexibility index (Phi) is 4.95. The summed E-state index contributed by atoms with van der Waals surface area (Å²) in [6, 6.07) is 0. The Hall–Kier alpha value is -1.08. The monoisotopic (exact) mass is 274 g/mol. The van der Waals surface area contributed by atoms with Gasteiger partial charge in [0.2, 0.25) is 5.91 Å². The number of hydrogen-bond acceptors (Lipinski definition) is 5. The number of carboxylic acids is 1. The Bertz CT molecular complexity index is 431. The lowest BCUT2D eigenvalue weighted by Gasteiger charge is -2.08. The summed E-state index contributed by atoms with van der Waals surface area (Å²) in [7, 11) is 0. The predicted octanol–water partition coefficient (Wildman–Crippen LogP) is 1.77. The first-order valence-corrected chi connectivity index (χ1v) is 6.80. The van der Waals surface area contributed by atoms with Gasteiger partial charge < -0.3 is 10.4 Å². The lowest BCUT2D eigenvalue weighted by atomic mass is 10.4. The Morgan fingerprint density at radius 1 is 1.59 bits per heavy atom. The fourth-order valence-electron chi connectivity index (χ4n) is 1.14. The van der Waals surface area contributed by atoms with Crippen LogP contribution in [0, 0.1) is 6.92 Å². The molecule has 0 saturated carbocycles. The molecule has 94 valence electrons. The van der Waals surface area contributed by atoms with Crippen LogP contribution < -0.4 is 5.32 Å². The number of nitrogens with one attached hydrogen (secondary N) is 1. The lowest BCUT2D eigenvalue weighted by molar-refractivity contribution is -0.120. The van der Waals surface area contributed by atoms with Crippen LogP contribution in [0.15, 0.2) is 4.34 Å². The van der Waals surface area contributed by atoms with Crippen LogP contribution in [0.4, 0.5) is 0 Å². The smallest absolute Gasteiger partial charge is 0.347 e. The van der Waals surface area contributed by atoms with Crippen molar-refractivity contribution in [1.29, 1.82) is 0 Å². The van der Waals surface area contributed by atoms with Crippen LogP contribution in [0.5, 0.6) is 0 Å². The van der Waals surface area contributed by atoms with Gasteiger partial charge in [-0.25, -0.2) is 9.78 Å². The zero-order valence-corrected chi connectivity index (χ0v) is 11.4. The molecule has 1 heterocycles. The molecule has 17 heavy (non-hydrogen) atoms. The van der Waals surface area contributed by atoms with Gasteiger partial charge in [0.1, 0.15) is 4.88 Å². The van der Waals surface area contributed by atoms with Gasteiger partial charge in [-0.2, -0.15) is 0 Å². The van der Waals surface area contributed by atoms with Crippen LogP contribution in [0.25, 0.3) is 0 Å². The van der Waals surface area contributed by atoms with Crippen LogP contribution in [0.1, 0.15) is 29.2 Å². The molecule has 5 nitrogen and oxygen atoms in total. The molecule has 2 N–H and O–H groups in total. The number of thioether (sulfide) groups is 1. The second-order valence-electron chi connectivity index (χ2n) is 3.35. The molecule has 1 atom stereocenters. The minimum absolute atomic E-state index is 0.0674. The van der Waals surface area contributed by atoms with Gasteiger partial charge in [-0.1, -0.05) is 11.8 Å². The van der Waals surface area contributed by atoms with Crippen molar-refractivity contribution in [3.8, 4) is 0 Å². The lowest BCUT2D eigenvalue weighted by Crippen LogP contribution is -2.30. The van der Waals surface area contributed by atoms with Crippen molar-refractivity contribution in [3.63, 3.8) is 0 Å². The largest absolute Gasteiger partial charge is 0.477 e. The topological polar surface area (TPSA) is 79.3 Å². The summed E-state index contributed by atoms with van der Waals surface area (Å²) >= 11 is 2.38. The fraction of sp³-hybridized carbons (Fsp3) is 0.500. The number of amides is 1. The third-order valence-corrected chi connectivity index (χ3v) is 4.31. The van der Waals surface area contributed by atoms with Crippen LogP contribution in [0.2, 0.25) is 0 Å². The third-order valence-electron chi connectivity index (χ3n) is 1.97. The van der Waals surface area contributed by atoms with E-state index < -0.39 is 5.97 Å². The summed E-state index contributed by atoms with van der Waals surface area (Å²) < 4.78 is 0.610. The molecule has 0 spiro atoms. The Morgan fingerprint density at radius 3 is 2.71 bits per heavy atom. The number of aryl methyl sites for hydroxylation is 1. The van der Waals surface area contributed by atoms with Gasteiger partial charge in [-0.3, -0.25) is 4.79 Å². The van der Waals surface area contributed by atoms with Crippen molar-refractivity contribution in [2.24, 2.45) is 0 Å². The number of aromatic carboxylic acids is 1. The molecule has 1 rings (SSSR count). The standard InChI is InChI=1S/C10H14N2O3S2/c1-4-11-8(13)6(3)16-10-12-5(2)7(17-10)9(14)15/h6H,4H2,1-3H3,(H,11,13)(H,14,15). The minimum atomic E-state index is -0.975. The number of nitrogens with zero attached hydrogens (tertiary/aromatic N) is 1. The van der Waals surface area contributed by atoms with Gasteiger partial charge in [0.25, 0.3) is 0 Å². The third kappa shape index (κ3) is 3.71. The number of aromatic nitrogens is 1. The summed E-state index contributed by atoms with van der Waals surface area (Å²) in [4.78, 5) is 26.7. The Morgan fingerprint density at radius 2 is 2.24 bits per heavy atom. The Balaban J connectivity index is 2.72. The van der Waals surface area contributed by atoms with Crippen molar-refractivity contribution in [2.45, 2.75) is 30.4 Å². The van der Waals surface area contributed by atoms with Crippen molar-refractivity contribution in [1.82, 2.24) is 10.3 Å². The van der Waals surface area contributed by atoms with Gasteiger partial charge >= 0.3 is 5.97 Å². The molecule has 0 fully saturated rings. The summed E-state index contributed by atoms with van der Waals surface area (Å²) in [5, 5.41) is 11.3. The predicted molar refractivity (Wildman–Crippen MR) is 67.8 cm³/mol. The highest BCUT2D eigenvalue weighted by molar-refractivity contribution is 8.02. The summed E-state index contributed by atoms with van der Waals surface area (Å²) in [5.74, 6) is -1.04. The fourth-order valence-corrected chi connectivity index (χ4v) is 3.34. The molecule has 0 bridgehead atoms. The van der Waals surface area contributed by atoms with Gasteiger partial charge in [0.05, 0.1) is 10.9 Å². The van der Waals surface area contributed by atoms with E-state index in [2.05, 4.69) is 10.3 Å². The number of thiazole rings is 1. The molecule has 1 aromatic heterocycles. The molecule has 7 heteroatoms. The molecule has 0 aliphatic rings. The Labute approximate surface area is 108 Å². The zero-order chi connectivity index (χ0) is 13.0. The first-order chi connectivity index (χ1) is 7.95. The van der Waals surface area contributed by atoms with E-state index in [4.69, 9.17) is 5.11 Å². The number of carbonyl (C=O) groups is 2. The first kappa shape index (κ1) is 14.0. The van der Waals surface area contributed by atoms with Crippen LogP contribution in [0.3, 0.4) is 0 Å². The maximum Gasteiger partial charge on any atom is 0.347 e. The summed E-state index contributed by atoms with van der Waals surface area (Å²) in [6.07, 6.45) is 0. The van der Waals surface area contributed by atoms with Crippen molar-refractivity contribution >= 4 is 35.0 Å². The number of hydrogen-bond donors (Lipinski definition) is 2. The molecule has 0 radical (unpaired) electrons. The maximum absolute atomic E-state index is 11.5. The minimum Gasteiger partial charge on any atom is -0.477 e. The zero-order valence-electron chi connectivity index (χ0n) is 9.81. The van der Waals surface area contributed by atoms with E-state index in [1.165, 1.54) is 11.8 Å². The molecule has 0 aromatic carbocycles. The van der Waals surface area contributed by atoms with E-state index in [0.717, 1.165) is 11.3 Å².